The van der Waals surface area contributed by atoms with Crippen molar-refractivity contribution < 1.29 is 9.18 Å². The number of carbonyl (C=O) groups is 1. The number of nitrogens with two attached hydrogens (primary N) is 1. The van der Waals surface area contributed by atoms with Gasteiger partial charge in [-0.05, 0) is 37.1 Å². The van der Waals surface area contributed by atoms with Crippen LogP contribution in [-0.4, -0.2) is 11.4 Å². The van der Waals surface area contributed by atoms with E-state index in [1.165, 1.54) is 18.2 Å². The van der Waals surface area contributed by atoms with E-state index in [2.05, 4.69) is 5.32 Å². The number of nitriles is 1. The van der Waals surface area contributed by atoms with E-state index in [0.29, 0.717) is 17.5 Å². The van der Waals surface area contributed by atoms with Crippen LogP contribution in [0, 0.1) is 17.1 Å². The molecule has 1 atom stereocenters. The average molecular weight is 249 g/mol. The highest BCUT2D eigenvalue weighted by atomic mass is 19.1. The molecule has 0 aliphatic rings. The lowest BCUT2D eigenvalue weighted by Gasteiger charge is -2.26. The van der Waals surface area contributed by atoms with Gasteiger partial charge in [0.25, 0.3) is 0 Å². The Hall–Kier alpha value is -1.93. The summed E-state index contributed by atoms with van der Waals surface area (Å²) in [5.74, 6) is -0.886. The van der Waals surface area contributed by atoms with Gasteiger partial charge >= 0.3 is 0 Å². The molecular formula is C13H16FN3O. The summed E-state index contributed by atoms with van der Waals surface area (Å²) in [7, 11) is 0. The number of halogens is 1. The van der Waals surface area contributed by atoms with Gasteiger partial charge < -0.3 is 5.73 Å². The molecule has 0 fully saturated rings. The van der Waals surface area contributed by atoms with Gasteiger partial charge in [-0.2, -0.15) is 5.26 Å². The summed E-state index contributed by atoms with van der Waals surface area (Å²) in [6.07, 6.45) is 0.513. The lowest BCUT2D eigenvalue weighted by atomic mass is 9.97. The maximum absolute atomic E-state index is 13.1. The largest absolute Gasteiger partial charge is 0.368 e. The molecule has 0 heterocycles. The second kappa shape index (κ2) is 5.61. The Morgan fingerprint density at radius 3 is 2.78 bits per heavy atom. The second-order valence-corrected chi connectivity index (χ2v) is 4.32. The molecule has 3 N–H and O–H groups in total. The van der Waals surface area contributed by atoms with E-state index >= 15 is 0 Å². The van der Waals surface area contributed by atoms with E-state index in [1.54, 1.807) is 6.92 Å². The van der Waals surface area contributed by atoms with E-state index in [1.807, 2.05) is 13.0 Å². The molecule has 1 aromatic rings. The number of rotatable bonds is 5. The Kier molecular flexibility index (Phi) is 4.40. The minimum atomic E-state index is -0.862. The first-order chi connectivity index (χ1) is 8.42. The van der Waals surface area contributed by atoms with Crippen LogP contribution in [0.2, 0.25) is 0 Å². The number of hydrogen-bond acceptors (Lipinski definition) is 3. The van der Waals surface area contributed by atoms with Gasteiger partial charge in [0.15, 0.2) is 0 Å². The van der Waals surface area contributed by atoms with Crippen LogP contribution in [0.5, 0.6) is 0 Å². The fourth-order valence-corrected chi connectivity index (χ4v) is 1.49. The molecule has 4 nitrogen and oxygen atoms in total. The molecule has 1 amide bonds. The predicted octanol–water partition coefficient (Wildman–Crippen LogP) is 1.44. The van der Waals surface area contributed by atoms with Crippen LogP contribution in [0.4, 0.5) is 4.39 Å². The van der Waals surface area contributed by atoms with E-state index < -0.39 is 17.3 Å². The normalized spacial score (nSPS) is 13.7. The van der Waals surface area contributed by atoms with Crippen molar-refractivity contribution in [2.75, 3.05) is 0 Å². The van der Waals surface area contributed by atoms with Crippen LogP contribution < -0.4 is 11.1 Å². The molecule has 5 heteroatoms. The first-order valence-electron chi connectivity index (χ1n) is 5.66. The maximum atomic E-state index is 13.1. The van der Waals surface area contributed by atoms with Crippen molar-refractivity contribution in [3.63, 3.8) is 0 Å². The number of amides is 1. The molecule has 0 saturated carbocycles. The quantitative estimate of drug-likeness (QED) is 0.828. The molecule has 0 spiro atoms. The summed E-state index contributed by atoms with van der Waals surface area (Å²) in [6.45, 7) is 3.73. The summed E-state index contributed by atoms with van der Waals surface area (Å²) in [6, 6.07) is 5.91. The zero-order chi connectivity index (χ0) is 13.8. The van der Waals surface area contributed by atoms with Gasteiger partial charge in [-0.1, -0.05) is 6.92 Å². The first kappa shape index (κ1) is 14.1. The summed E-state index contributed by atoms with van der Waals surface area (Å²) in [5, 5.41) is 11.9. The maximum Gasteiger partial charge on any atom is 0.237 e. The van der Waals surface area contributed by atoms with E-state index in [-0.39, 0.29) is 6.54 Å². The molecule has 18 heavy (non-hydrogen) atoms. The summed E-state index contributed by atoms with van der Waals surface area (Å²) in [5.41, 5.74) is 5.34. The highest BCUT2D eigenvalue weighted by Crippen LogP contribution is 2.14. The topological polar surface area (TPSA) is 78.9 Å². The fraction of sp³-hybridized carbons (Fsp3) is 0.385. The van der Waals surface area contributed by atoms with Crippen LogP contribution in [0.15, 0.2) is 18.2 Å². The lowest BCUT2D eigenvalue weighted by Crippen LogP contribution is -2.52. The summed E-state index contributed by atoms with van der Waals surface area (Å²) >= 11 is 0. The summed E-state index contributed by atoms with van der Waals surface area (Å²) < 4.78 is 13.1. The van der Waals surface area contributed by atoms with E-state index in [9.17, 15) is 9.18 Å². The van der Waals surface area contributed by atoms with Crippen LogP contribution in [0.1, 0.15) is 31.4 Å². The van der Waals surface area contributed by atoms with Crippen LogP contribution in [0.25, 0.3) is 0 Å². The molecule has 1 unspecified atom stereocenters. The SMILES string of the molecule is CCC(C)(NCc1cc(F)ccc1C#N)C(N)=O. The average Bonchev–Trinajstić information content (AvgIpc) is 2.35. The first-order valence-corrected chi connectivity index (χ1v) is 5.66. The van der Waals surface area contributed by atoms with Crippen molar-refractivity contribution in [2.45, 2.75) is 32.4 Å². The number of nitrogens with one attached hydrogen (secondary N) is 1. The van der Waals surface area contributed by atoms with Gasteiger partial charge in [0.1, 0.15) is 5.82 Å². The van der Waals surface area contributed by atoms with Gasteiger partial charge in [0.2, 0.25) is 5.91 Å². The smallest absolute Gasteiger partial charge is 0.237 e. The Bertz CT molecular complexity index is 495. The number of nitrogens with zero attached hydrogens (tertiary/aromatic N) is 1. The molecule has 0 aliphatic carbocycles. The Morgan fingerprint density at radius 2 is 2.28 bits per heavy atom. The van der Waals surface area contributed by atoms with Crippen LogP contribution in [0.3, 0.4) is 0 Å². The third-order valence-electron chi connectivity index (χ3n) is 3.11. The molecular weight excluding hydrogens is 233 g/mol. The third kappa shape index (κ3) is 3.05. The lowest BCUT2D eigenvalue weighted by molar-refractivity contribution is -0.124. The van der Waals surface area contributed by atoms with Crippen molar-refractivity contribution in [1.82, 2.24) is 5.32 Å². The zero-order valence-electron chi connectivity index (χ0n) is 10.5. The molecule has 96 valence electrons. The van der Waals surface area contributed by atoms with Crippen molar-refractivity contribution >= 4 is 5.91 Å². The van der Waals surface area contributed by atoms with Crippen molar-refractivity contribution in [1.29, 1.82) is 5.26 Å². The van der Waals surface area contributed by atoms with Crippen LogP contribution in [-0.2, 0) is 11.3 Å². The molecule has 0 bridgehead atoms. The van der Waals surface area contributed by atoms with Gasteiger partial charge in [0.05, 0.1) is 17.2 Å². The molecule has 0 aromatic heterocycles. The van der Waals surface area contributed by atoms with E-state index in [4.69, 9.17) is 11.0 Å². The Labute approximate surface area is 106 Å². The minimum absolute atomic E-state index is 0.216. The minimum Gasteiger partial charge on any atom is -0.368 e. The number of benzene rings is 1. The second-order valence-electron chi connectivity index (χ2n) is 4.32. The van der Waals surface area contributed by atoms with Gasteiger partial charge in [-0.25, -0.2) is 4.39 Å². The van der Waals surface area contributed by atoms with Crippen molar-refractivity contribution in [3.8, 4) is 6.07 Å². The third-order valence-corrected chi connectivity index (χ3v) is 3.11. The van der Waals surface area contributed by atoms with E-state index in [0.717, 1.165) is 0 Å². The highest BCUT2D eigenvalue weighted by molar-refractivity contribution is 5.84. The number of carbonyl (C=O) groups excluding carboxylic acids is 1. The molecule has 0 saturated heterocycles. The molecule has 1 aromatic carbocycles. The Morgan fingerprint density at radius 1 is 1.61 bits per heavy atom. The highest BCUT2D eigenvalue weighted by Gasteiger charge is 2.28. The molecule has 1 rings (SSSR count). The van der Waals surface area contributed by atoms with Gasteiger partial charge in [-0.15, -0.1) is 0 Å². The monoisotopic (exact) mass is 249 g/mol. The molecule has 0 radical (unpaired) electrons. The fourth-order valence-electron chi connectivity index (χ4n) is 1.49. The zero-order valence-corrected chi connectivity index (χ0v) is 10.5. The molecule has 0 aliphatic heterocycles. The van der Waals surface area contributed by atoms with Gasteiger partial charge in [-0.3, -0.25) is 10.1 Å². The van der Waals surface area contributed by atoms with Gasteiger partial charge in [0, 0.05) is 6.54 Å². The van der Waals surface area contributed by atoms with Crippen molar-refractivity contribution in [3.05, 3.63) is 35.1 Å². The van der Waals surface area contributed by atoms with Crippen LogP contribution >= 0.6 is 0 Å². The number of hydrogen-bond donors (Lipinski definition) is 2. The summed E-state index contributed by atoms with van der Waals surface area (Å²) in [4.78, 5) is 11.3. The number of primary amides is 1. The predicted molar refractivity (Wildman–Crippen MR) is 65.8 cm³/mol. The standard InChI is InChI=1S/C13H16FN3O/c1-3-13(2,12(16)18)17-8-10-6-11(14)5-4-9(10)7-15/h4-6,17H,3,8H2,1-2H3,(H2,16,18). The van der Waals surface area contributed by atoms with Crippen molar-refractivity contribution in [2.24, 2.45) is 5.73 Å². The Balaban J connectivity index is 2.90.